The molecule has 3 heterocycles. The number of aryl methyl sites for hydroxylation is 1. The van der Waals surface area contributed by atoms with Crippen molar-refractivity contribution in [2.45, 2.75) is 24.6 Å². The van der Waals surface area contributed by atoms with Crippen molar-refractivity contribution < 1.29 is 35.5 Å². The lowest BCUT2D eigenvalue weighted by Gasteiger charge is -2.40. The molecule has 0 radical (unpaired) electrons. The van der Waals surface area contributed by atoms with Crippen LogP contribution in [-0.2, 0) is 23.2 Å². The summed E-state index contributed by atoms with van der Waals surface area (Å²) in [6.45, 7) is 0.491. The van der Waals surface area contributed by atoms with Crippen LogP contribution < -0.4 is 4.90 Å². The van der Waals surface area contributed by atoms with Crippen LogP contribution in [0.1, 0.15) is 23.5 Å². The highest BCUT2D eigenvalue weighted by atomic mass is 32.2. The lowest BCUT2D eigenvalue weighted by Crippen LogP contribution is -2.51. The number of sulfonamides is 1. The van der Waals surface area contributed by atoms with E-state index < -0.39 is 44.7 Å². The van der Waals surface area contributed by atoms with Gasteiger partial charge in [-0.2, -0.15) is 27.6 Å². The van der Waals surface area contributed by atoms with Gasteiger partial charge >= 0.3 is 6.18 Å². The molecule has 1 saturated heterocycles. The van der Waals surface area contributed by atoms with Gasteiger partial charge < -0.3 is 10.0 Å². The first-order chi connectivity index (χ1) is 19.2. The molecule has 0 spiro atoms. The number of alkyl halides is 3. The number of hydrogen-bond acceptors (Lipinski definition) is 7. The molecule has 15 heteroatoms. The summed E-state index contributed by atoms with van der Waals surface area (Å²) in [4.78, 5) is 10.5. The van der Waals surface area contributed by atoms with Crippen molar-refractivity contribution in [1.29, 1.82) is 0 Å². The van der Waals surface area contributed by atoms with Gasteiger partial charge in [-0.25, -0.2) is 26.9 Å². The number of nitrogens with zero attached hydrogens (tertiary/aromatic N) is 6. The molecular weight excluding hydrogens is 571 g/mol. The average molecular weight is 597 g/mol. The summed E-state index contributed by atoms with van der Waals surface area (Å²) in [6, 6.07) is 9.41. The van der Waals surface area contributed by atoms with Gasteiger partial charge in [0, 0.05) is 45.0 Å². The Morgan fingerprint density at radius 2 is 1.78 bits per heavy atom. The van der Waals surface area contributed by atoms with Gasteiger partial charge in [0.2, 0.25) is 16.0 Å². The summed E-state index contributed by atoms with van der Waals surface area (Å²) >= 11 is 0. The zero-order valence-corrected chi connectivity index (χ0v) is 22.9. The molecule has 218 valence electrons. The molecule has 0 unspecified atom stereocenters. The number of piperidine rings is 1. The highest BCUT2D eigenvalue weighted by Gasteiger charge is 2.39. The number of phenols is 1. The first-order valence-corrected chi connectivity index (χ1v) is 14.2. The zero-order chi connectivity index (χ0) is 29.9. The Kier molecular flexibility index (Phi) is 7.14. The van der Waals surface area contributed by atoms with Gasteiger partial charge in [0.05, 0.1) is 17.2 Å². The highest BCUT2D eigenvalue weighted by Crippen LogP contribution is 2.41. The fraction of sp³-hybridized carbons (Fsp3) is 0.346. The van der Waals surface area contributed by atoms with E-state index in [0.29, 0.717) is 13.0 Å². The maximum Gasteiger partial charge on any atom is 0.419 e. The minimum Gasteiger partial charge on any atom is -0.503 e. The van der Waals surface area contributed by atoms with Crippen molar-refractivity contribution >= 4 is 27.0 Å². The normalized spacial score (nSPS) is 18.6. The maximum absolute atomic E-state index is 14.8. The topological polar surface area (TPSA) is 104 Å². The summed E-state index contributed by atoms with van der Waals surface area (Å²) in [7, 11) is -0.385. The number of rotatable bonds is 5. The molecule has 9 nitrogen and oxygen atoms in total. The lowest BCUT2D eigenvalue weighted by atomic mass is 9.88. The summed E-state index contributed by atoms with van der Waals surface area (Å²) in [5, 5.41) is 13.9. The molecule has 41 heavy (non-hydrogen) atoms. The number of halogens is 5. The molecule has 1 aliphatic rings. The minimum atomic E-state index is -5.20. The summed E-state index contributed by atoms with van der Waals surface area (Å²) in [5.74, 6) is -5.42. The molecule has 1 fully saturated rings. The molecule has 2 aromatic carbocycles. The van der Waals surface area contributed by atoms with Crippen LogP contribution in [0.5, 0.6) is 5.75 Å². The molecule has 2 aromatic heterocycles. The van der Waals surface area contributed by atoms with E-state index >= 15 is 0 Å². The van der Waals surface area contributed by atoms with Crippen molar-refractivity contribution in [2.24, 2.45) is 7.05 Å². The second kappa shape index (κ2) is 10.2. The second-order valence-corrected chi connectivity index (χ2v) is 12.0. The van der Waals surface area contributed by atoms with Gasteiger partial charge in [0.15, 0.2) is 23.0 Å². The first kappa shape index (κ1) is 28.7. The molecule has 1 aliphatic heterocycles. The Morgan fingerprint density at radius 3 is 2.41 bits per heavy atom. The number of phenolic OH excluding ortho intramolecular Hbond substituents is 1. The molecule has 4 aromatic rings. The number of fused-ring (bicyclic) bond motifs is 1. The quantitative estimate of drug-likeness (QED) is 0.343. The van der Waals surface area contributed by atoms with E-state index in [2.05, 4.69) is 15.1 Å². The number of likely N-dealkylation sites (N-methyl/N-ethyl adjacent to an activating group) is 1. The number of aromatic nitrogens is 4. The highest BCUT2D eigenvalue weighted by molar-refractivity contribution is 7.88. The van der Waals surface area contributed by atoms with Crippen LogP contribution >= 0.6 is 0 Å². The summed E-state index contributed by atoms with van der Waals surface area (Å²) in [6.07, 6.45) is -2.22. The standard InChI is InChI=1S/C26H25F5N6O3S/c1-35(16-9-15(14-7-5-4-6-8-14)12-37(13-16)41(3,39)40)25-32-11-18-22(34-36(2)24(18)33-25)17-10-19(26(29,30)31)21(28)23(38)20(17)27/h4-8,10-11,15-16,38H,9,12-13H2,1-3H3/t15-,16-/m1/s1. The van der Waals surface area contributed by atoms with E-state index in [0.717, 1.165) is 11.8 Å². The van der Waals surface area contributed by atoms with Crippen molar-refractivity contribution in [3.05, 3.63) is 65.4 Å². The minimum absolute atomic E-state index is 0.0613. The third kappa shape index (κ3) is 5.30. The molecule has 1 N–H and O–H groups in total. The fourth-order valence-electron chi connectivity index (χ4n) is 5.11. The van der Waals surface area contributed by atoms with E-state index in [-0.39, 0.29) is 47.2 Å². The SMILES string of the molecule is CN(c1ncc2c(-c3cc(C(F)(F)F)c(F)c(O)c3F)nn(C)c2n1)[C@@H]1C[C@@H](c2ccccc2)CN(S(C)(=O)=O)C1. The van der Waals surface area contributed by atoms with Crippen molar-refractivity contribution in [1.82, 2.24) is 24.1 Å². The zero-order valence-electron chi connectivity index (χ0n) is 22.1. The van der Waals surface area contributed by atoms with Crippen LogP contribution in [0.15, 0.2) is 42.6 Å². The molecule has 0 bridgehead atoms. The predicted octanol–water partition coefficient (Wildman–Crippen LogP) is 4.29. The Balaban J connectivity index is 1.53. The van der Waals surface area contributed by atoms with Crippen molar-refractivity contribution in [3.63, 3.8) is 0 Å². The van der Waals surface area contributed by atoms with Crippen LogP contribution in [0.3, 0.4) is 0 Å². The Hall–Kier alpha value is -3.85. The van der Waals surface area contributed by atoms with Crippen LogP contribution in [0.2, 0.25) is 0 Å². The largest absolute Gasteiger partial charge is 0.503 e. The number of hydrogen-bond donors (Lipinski definition) is 1. The third-order valence-corrected chi connectivity index (χ3v) is 8.54. The second-order valence-electron chi connectivity index (χ2n) is 10.0. The molecule has 0 aliphatic carbocycles. The molecule has 5 rings (SSSR count). The van der Waals surface area contributed by atoms with E-state index in [9.17, 15) is 35.5 Å². The third-order valence-electron chi connectivity index (χ3n) is 7.30. The van der Waals surface area contributed by atoms with Gasteiger partial charge in [-0.05, 0) is 24.0 Å². The Morgan fingerprint density at radius 1 is 1.10 bits per heavy atom. The number of aromatic hydroxyl groups is 1. The van der Waals surface area contributed by atoms with E-state index in [4.69, 9.17) is 0 Å². The summed E-state index contributed by atoms with van der Waals surface area (Å²) < 4.78 is 96.5. The molecule has 0 saturated carbocycles. The van der Waals surface area contributed by atoms with E-state index in [1.165, 1.54) is 22.2 Å². The van der Waals surface area contributed by atoms with Crippen molar-refractivity contribution in [3.8, 4) is 17.0 Å². The van der Waals surface area contributed by atoms with Crippen LogP contribution in [-0.4, -0.2) is 70.0 Å². The smallest absolute Gasteiger partial charge is 0.419 e. The number of anilines is 1. The Bertz CT molecular complexity index is 1730. The monoisotopic (exact) mass is 596 g/mol. The maximum atomic E-state index is 14.8. The molecule has 2 atom stereocenters. The predicted molar refractivity (Wildman–Crippen MR) is 141 cm³/mol. The van der Waals surface area contributed by atoms with E-state index in [1.54, 1.807) is 11.9 Å². The fourth-order valence-corrected chi connectivity index (χ4v) is 6.01. The van der Waals surface area contributed by atoms with Crippen LogP contribution in [0.25, 0.3) is 22.3 Å². The van der Waals surface area contributed by atoms with Gasteiger partial charge in [-0.15, -0.1) is 0 Å². The van der Waals surface area contributed by atoms with Gasteiger partial charge in [0.25, 0.3) is 0 Å². The van der Waals surface area contributed by atoms with Gasteiger partial charge in [-0.3, -0.25) is 0 Å². The van der Waals surface area contributed by atoms with Gasteiger partial charge in [-0.1, -0.05) is 30.3 Å². The van der Waals surface area contributed by atoms with E-state index in [1.807, 2.05) is 30.3 Å². The van der Waals surface area contributed by atoms with Crippen molar-refractivity contribution in [2.75, 3.05) is 31.3 Å². The van der Waals surface area contributed by atoms with Gasteiger partial charge in [0.1, 0.15) is 5.69 Å². The first-order valence-electron chi connectivity index (χ1n) is 12.4. The number of benzene rings is 2. The Labute approximate surface area is 231 Å². The molecule has 0 amide bonds. The average Bonchev–Trinajstić information content (AvgIpc) is 3.25. The van der Waals surface area contributed by atoms with Crippen LogP contribution in [0, 0.1) is 11.6 Å². The summed E-state index contributed by atoms with van der Waals surface area (Å²) in [5.41, 5.74) is -1.82. The lowest BCUT2D eigenvalue weighted by molar-refractivity contribution is -0.140. The van der Waals surface area contributed by atoms with Crippen LogP contribution in [0.4, 0.5) is 27.9 Å². The molecular formula is C26H25F5N6O3S.